The first-order valence-corrected chi connectivity index (χ1v) is 6.44. The Morgan fingerprint density at radius 3 is 2.07 bits per heavy atom. The highest BCUT2D eigenvalue weighted by atomic mass is 15.1. The summed E-state index contributed by atoms with van der Waals surface area (Å²) in [5.41, 5.74) is 0. The van der Waals surface area contributed by atoms with Gasteiger partial charge in [0.25, 0.3) is 0 Å². The van der Waals surface area contributed by atoms with Crippen molar-refractivity contribution in [2.75, 3.05) is 20.1 Å². The lowest BCUT2D eigenvalue weighted by atomic mass is 10.1. The van der Waals surface area contributed by atoms with Crippen LogP contribution in [0.4, 0.5) is 0 Å². The van der Waals surface area contributed by atoms with Crippen LogP contribution >= 0.6 is 0 Å². The Hall–Kier alpha value is -0.0800. The summed E-state index contributed by atoms with van der Waals surface area (Å²) in [5, 5.41) is 3.53. The molecular weight excluding hydrogens is 184 g/mol. The quantitative estimate of drug-likeness (QED) is 0.668. The summed E-state index contributed by atoms with van der Waals surface area (Å²) < 4.78 is 0. The van der Waals surface area contributed by atoms with Crippen LogP contribution < -0.4 is 5.32 Å². The van der Waals surface area contributed by atoms with Gasteiger partial charge in [0.1, 0.15) is 0 Å². The zero-order valence-corrected chi connectivity index (χ0v) is 11.5. The Morgan fingerprint density at radius 2 is 1.67 bits per heavy atom. The lowest BCUT2D eigenvalue weighted by Crippen LogP contribution is -2.43. The van der Waals surface area contributed by atoms with Crippen LogP contribution in [0.3, 0.4) is 0 Å². The van der Waals surface area contributed by atoms with E-state index in [9.17, 15) is 0 Å². The highest BCUT2D eigenvalue weighted by Gasteiger charge is 2.14. The Morgan fingerprint density at radius 1 is 1.07 bits per heavy atom. The van der Waals surface area contributed by atoms with Crippen LogP contribution in [0, 0.1) is 5.92 Å². The third-order valence-corrected chi connectivity index (χ3v) is 3.15. The summed E-state index contributed by atoms with van der Waals surface area (Å²) in [5.74, 6) is 0.808. The van der Waals surface area contributed by atoms with E-state index in [2.05, 4.69) is 51.9 Å². The molecule has 0 fully saturated rings. The van der Waals surface area contributed by atoms with Gasteiger partial charge in [-0.15, -0.1) is 0 Å². The molecule has 2 atom stereocenters. The molecule has 0 heterocycles. The predicted octanol–water partition coefficient (Wildman–Crippen LogP) is 2.74. The van der Waals surface area contributed by atoms with Crippen LogP contribution in [0.5, 0.6) is 0 Å². The third kappa shape index (κ3) is 6.91. The highest BCUT2D eigenvalue weighted by molar-refractivity contribution is 4.72. The van der Waals surface area contributed by atoms with E-state index in [4.69, 9.17) is 0 Å². The van der Waals surface area contributed by atoms with E-state index in [1.54, 1.807) is 0 Å². The molecule has 0 aliphatic heterocycles. The van der Waals surface area contributed by atoms with Crippen LogP contribution in [0.25, 0.3) is 0 Å². The van der Waals surface area contributed by atoms with Crippen molar-refractivity contribution in [1.82, 2.24) is 10.2 Å². The topological polar surface area (TPSA) is 15.3 Å². The summed E-state index contributed by atoms with van der Waals surface area (Å²) in [6, 6.07) is 1.28. The number of hydrogen-bond acceptors (Lipinski definition) is 2. The molecule has 0 aliphatic rings. The standard InChI is InChI=1S/C13H30N2/c1-7-12(5)10-15(6)13(8-2)9-14-11(3)4/h11-14H,7-10H2,1-6H3. The van der Waals surface area contributed by atoms with Gasteiger partial charge in [0.15, 0.2) is 0 Å². The zero-order chi connectivity index (χ0) is 11.8. The number of nitrogens with one attached hydrogen (secondary N) is 1. The number of nitrogens with zero attached hydrogens (tertiary/aromatic N) is 1. The molecule has 0 aromatic carbocycles. The molecule has 0 bridgehead atoms. The van der Waals surface area contributed by atoms with E-state index in [0.29, 0.717) is 12.1 Å². The second-order valence-electron chi connectivity index (χ2n) is 5.08. The summed E-state index contributed by atoms with van der Waals surface area (Å²) in [6.45, 7) is 13.6. The average Bonchev–Trinajstić information content (AvgIpc) is 2.18. The SMILES string of the molecule is CCC(C)CN(C)C(CC)CNC(C)C. The highest BCUT2D eigenvalue weighted by Crippen LogP contribution is 2.07. The molecule has 2 nitrogen and oxygen atoms in total. The predicted molar refractivity (Wildman–Crippen MR) is 69.3 cm³/mol. The molecule has 0 rings (SSSR count). The molecule has 0 aromatic rings. The fourth-order valence-electron chi connectivity index (χ4n) is 1.75. The first kappa shape index (κ1) is 14.9. The van der Waals surface area contributed by atoms with Crippen molar-refractivity contribution < 1.29 is 0 Å². The minimum Gasteiger partial charge on any atom is -0.313 e. The third-order valence-electron chi connectivity index (χ3n) is 3.15. The van der Waals surface area contributed by atoms with Gasteiger partial charge in [-0.1, -0.05) is 41.0 Å². The lowest BCUT2D eigenvalue weighted by Gasteiger charge is -2.30. The van der Waals surface area contributed by atoms with E-state index in [0.717, 1.165) is 12.5 Å². The van der Waals surface area contributed by atoms with E-state index in [1.165, 1.54) is 19.4 Å². The van der Waals surface area contributed by atoms with Crippen molar-refractivity contribution in [3.05, 3.63) is 0 Å². The molecule has 0 aliphatic carbocycles. The first-order valence-electron chi connectivity index (χ1n) is 6.44. The molecule has 1 N–H and O–H groups in total. The Kier molecular flexibility index (Phi) is 8.07. The van der Waals surface area contributed by atoms with Gasteiger partial charge in [-0.05, 0) is 19.4 Å². The summed E-state index contributed by atoms with van der Waals surface area (Å²) in [6.07, 6.45) is 2.50. The largest absolute Gasteiger partial charge is 0.313 e. The maximum atomic E-state index is 3.53. The normalized spacial score (nSPS) is 16.0. The molecule has 0 radical (unpaired) electrons. The van der Waals surface area contributed by atoms with Crippen molar-refractivity contribution >= 4 is 0 Å². The molecule has 2 heteroatoms. The minimum atomic E-state index is 0.594. The van der Waals surface area contributed by atoms with Crippen LogP contribution in [0.1, 0.15) is 47.5 Å². The number of hydrogen-bond donors (Lipinski definition) is 1. The Balaban J connectivity index is 3.92. The van der Waals surface area contributed by atoms with Crippen molar-refractivity contribution in [2.45, 2.75) is 59.5 Å². The van der Waals surface area contributed by atoms with Crippen LogP contribution in [-0.2, 0) is 0 Å². The molecule has 15 heavy (non-hydrogen) atoms. The first-order chi connectivity index (χ1) is 7.01. The van der Waals surface area contributed by atoms with E-state index in [1.807, 2.05) is 0 Å². The molecule has 0 aromatic heterocycles. The van der Waals surface area contributed by atoms with Gasteiger partial charge in [0.2, 0.25) is 0 Å². The smallest absolute Gasteiger partial charge is 0.0215 e. The minimum absolute atomic E-state index is 0.594. The van der Waals surface area contributed by atoms with Crippen molar-refractivity contribution in [3.8, 4) is 0 Å². The fourth-order valence-corrected chi connectivity index (χ4v) is 1.75. The van der Waals surface area contributed by atoms with Crippen LogP contribution in [0.2, 0.25) is 0 Å². The monoisotopic (exact) mass is 214 g/mol. The van der Waals surface area contributed by atoms with Gasteiger partial charge in [-0.2, -0.15) is 0 Å². The van der Waals surface area contributed by atoms with Gasteiger partial charge in [-0.25, -0.2) is 0 Å². The van der Waals surface area contributed by atoms with Crippen LogP contribution in [0.15, 0.2) is 0 Å². The maximum absolute atomic E-state index is 3.53. The van der Waals surface area contributed by atoms with Crippen molar-refractivity contribution in [3.63, 3.8) is 0 Å². The Labute approximate surface area is 96.4 Å². The molecule has 0 saturated carbocycles. The molecule has 92 valence electrons. The second-order valence-corrected chi connectivity index (χ2v) is 5.08. The number of likely N-dealkylation sites (N-methyl/N-ethyl adjacent to an activating group) is 1. The Bertz CT molecular complexity index is 145. The fraction of sp³-hybridized carbons (Fsp3) is 1.00. The average molecular weight is 214 g/mol. The summed E-state index contributed by atoms with van der Waals surface area (Å²) in [7, 11) is 2.25. The van der Waals surface area contributed by atoms with Crippen molar-refractivity contribution in [2.24, 2.45) is 5.92 Å². The van der Waals surface area contributed by atoms with Gasteiger partial charge in [-0.3, -0.25) is 0 Å². The summed E-state index contributed by atoms with van der Waals surface area (Å²) in [4.78, 5) is 2.50. The molecule has 2 unspecified atom stereocenters. The molecule has 0 saturated heterocycles. The molecular formula is C13H30N2. The van der Waals surface area contributed by atoms with E-state index < -0.39 is 0 Å². The molecule has 0 spiro atoms. The van der Waals surface area contributed by atoms with Crippen LogP contribution in [-0.4, -0.2) is 37.1 Å². The van der Waals surface area contributed by atoms with Crippen molar-refractivity contribution in [1.29, 1.82) is 0 Å². The van der Waals surface area contributed by atoms with E-state index in [-0.39, 0.29) is 0 Å². The van der Waals surface area contributed by atoms with Gasteiger partial charge in [0, 0.05) is 25.2 Å². The molecule has 0 amide bonds. The van der Waals surface area contributed by atoms with E-state index >= 15 is 0 Å². The van der Waals surface area contributed by atoms with Gasteiger partial charge in [0.05, 0.1) is 0 Å². The number of rotatable bonds is 8. The second kappa shape index (κ2) is 8.12. The lowest BCUT2D eigenvalue weighted by molar-refractivity contribution is 0.197. The van der Waals surface area contributed by atoms with Gasteiger partial charge >= 0.3 is 0 Å². The maximum Gasteiger partial charge on any atom is 0.0215 e. The summed E-state index contributed by atoms with van der Waals surface area (Å²) >= 11 is 0. The van der Waals surface area contributed by atoms with Gasteiger partial charge < -0.3 is 10.2 Å². The zero-order valence-electron chi connectivity index (χ0n) is 11.5.